The second kappa shape index (κ2) is 7.13. The molecule has 0 radical (unpaired) electrons. The smallest absolute Gasteiger partial charge is 0.190 e. The number of hydrogen-bond acceptors (Lipinski definition) is 3. The Morgan fingerprint density at radius 2 is 1.96 bits per heavy atom. The zero-order valence-corrected chi connectivity index (χ0v) is 14.3. The van der Waals surface area contributed by atoms with Gasteiger partial charge in [0.15, 0.2) is 4.80 Å². The van der Waals surface area contributed by atoms with E-state index in [0.29, 0.717) is 11.6 Å². The Kier molecular flexibility index (Phi) is 4.96. The predicted molar refractivity (Wildman–Crippen MR) is 96.2 cm³/mol. The Bertz CT molecular complexity index is 865. The quantitative estimate of drug-likeness (QED) is 0.748. The van der Waals surface area contributed by atoms with Crippen LogP contribution >= 0.6 is 22.9 Å². The van der Waals surface area contributed by atoms with Gasteiger partial charge in [-0.2, -0.15) is 0 Å². The Labute approximate surface area is 144 Å². The molecule has 23 heavy (non-hydrogen) atoms. The van der Waals surface area contributed by atoms with Crippen LogP contribution in [-0.2, 0) is 6.54 Å². The number of thiazole rings is 1. The minimum atomic E-state index is 0.0678. The first-order valence-electron chi connectivity index (χ1n) is 7.34. The second-order valence-electron chi connectivity index (χ2n) is 5.24. The number of nitrogens with zero attached hydrogens (tertiary/aromatic N) is 2. The van der Waals surface area contributed by atoms with Gasteiger partial charge in [-0.3, -0.25) is 0 Å². The van der Waals surface area contributed by atoms with Gasteiger partial charge >= 0.3 is 0 Å². The molecule has 5 heteroatoms. The van der Waals surface area contributed by atoms with Crippen LogP contribution < -0.4 is 4.80 Å². The summed E-state index contributed by atoms with van der Waals surface area (Å²) in [6.07, 6.45) is 0. The molecule has 3 aromatic rings. The highest BCUT2D eigenvalue weighted by molar-refractivity contribution is 7.07. The van der Waals surface area contributed by atoms with Gasteiger partial charge in [-0.05, 0) is 42.3 Å². The van der Waals surface area contributed by atoms with E-state index in [2.05, 4.69) is 5.38 Å². The average Bonchev–Trinajstić information content (AvgIpc) is 2.91. The summed E-state index contributed by atoms with van der Waals surface area (Å²) in [7, 11) is 0. The zero-order valence-electron chi connectivity index (χ0n) is 12.7. The first-order chi connectivity index (χ1) is 11.2. The molecule has 1 heterocycles. The monoisotopic (exact) mass is 344 g/mol. The largest absolute Gasteiger partial charge is 0.395 e. The van der Waals surface area contributed by atoms with Crippen molar-refractivity contribution >= 4 is 28.6 Å². The normalized spacial score (nSPS) is 11.9. The number of hydrogen-bond donors (Lipinski definition) is 1. The van der Waals surface area contributed by atoms with E-state index in [9.17, 15) is 5.11 Å². The van der Waals surface area contributed by atoms with Gasteiger partial charge in [-0.25, -0.2) is 4.99 Å². The van der Waals surface area contributed by atoms with Gasteiger partial charge in [0.2, 0.25) is 0 Å². The van der Waals surface area contributed by atoms with E-state index >= 15 is 0 Å². The van der Waals surface area contributed by atoms with Gasteiger partial charge < -0.3 is 9.67 Å². The van der Waals surface area contributed by atoms with Crippen LogP contribution in [-0.4, -0.2) is 16.3 Å². The molecule has 118 valence electrons. The summed E-state index contributed by atoms with van der Waals surface area (Å²) in [6, 6.07) is 15.8. The highest BCUT2D eigenvalue weighted by atomic mass is 35.5. The van der Waals surface area contributed by atoms with E-state index in [4.69, 9.17) is 16.6 Å². The summed E-state index contributed by atoms with van der Waals surface area (Å²) in [5, 5.41) is 12.2. The Hall–Kier alpha value is -1.88. The molecule has 3 rings (SSSR count). The van der Waals surface area contributed by atoms with Crippen molar-refractivity contribution in [1.82, 2.24) is 4.57 Å². The molecule has 0 atom stereocenters. The third-order valence-corrected chi connectivity index (χ3v) is 4.60. The lowest BCUT2D eigenvalue weighted by atomic mass is 10.2. The minimum Gasteiger partial charge on any atom is -0.395 e. The van der Waals surface area contributed by atoms with Gasteiger partial charge in [0.1, 0.15) is 0 Å². The molecule has 0 spiro atoms. The molecule has 0 saturated carbocycles. The van der Waals surface area contributed by atoms with E-state index in [1.54, 1.807) is 11.3 Å². The highest BCUT2D eigenvalue weighted by Gasteiger charge is 2.08. The molecule has 0 aliphatic heterocycles. The van der Waals surface area contributed by atoms with Crippen LogP contribution in [0.1, 0.15) is 5.56 Å². The summed E-state index contributed by atoms with van der Waals surface area (Å²) in [6.45, 7) is 2.62. The van der Waals surface area contributed by atoms with Crippen LogP contribution in [0.3, 0.4) is 0 Å². The molecule has 0 bridgehead atoms. The Morgan fingerprint density at radius 3 is 2.65 bits per heavy atom. The summed E-state index contributed by atoms with van der Waals surface area (Å²) in [5.74, 6) is 0. The fourth-order valence-electron chi connectivity index (χ4n) is 2.39. The van der Waals surface area contributed by atoms with Crippen LogP contribution in [0.2, 0.25) is 5.02 Å². The molecule has 3 nitrogen and oxygen atoms in total. The van der Waals surface area contributed by atoms with Crippen molar-refractivity contribution in [3.63, 3.8) is 0 Å². The van der Waals surface area contributed by atoms with Crippen molar-refractivity contribution in [3.05, 3.63) is 69.3 Å². The van der Waals surface area contributed by atoms with Gasteiger partial charge in [-0.1, -0.05) is 35.9 Å². The van der Waals surface area contributed by atoms with Crippen molar-refractivity contribution in [2.24, 2.45) is 4.99 Å². The average molecular weight is 345 g/mol. The maximum absolute atomic E-state index is 9.41. The second-order valence-corrected chi connectivity index (χ2v) is 6.51. The summed E-state index contributed by atoms with van der Waals surface area (Å²) in [4.78, 5) is 5.60. The number of aliphatic hydroxyl groups is 1. The first-order valence-corrected chi connectivity index (χ1v) is 8.59. The zero-order chi connectivity index (χ0) is 16.2. The summed E-state index contributed by atoms with van der Waals surface area (Å²) >= 11 is 7.53. The number of aryl methyl sites for hydroxylation is 1. The van der Waals surface area contributed by atoms with Crippen LogP contribution in [0.25, 0.3) is 11.3 Å². The fourth-order valence-corrected chi connectivity index (χ4v) is 3.48. The molecule has 0 aliphatic rings. The van der Waals surface area contributed by atoms with E-state index < -0.39 is 0 Å². The van der Waals surface area contributed by atoms with Crippen LogP contribution in [0.5, 0.6) is 0 Å². The number of benzene rings is 2. The Balaban J connectivity index is 2.10. The molecular formula is C18H17ClN2OS. The van der Waals surface area contributed by atoms with E-state index in [1.807, 2.05) is 60.0 Å². The number of aliphatic hydroxyl groups excluding tert-OH is 1. The van der Waals surface area contributed by atoms with Gasteiger partial charge in [0.25, 0.3) is 0 Å². The standard InChI is InChI=1S/C18H17ClN2OS/c1-13-3-2-4-16(11-13)20-18-21(9-10-22)17(12-23-18)14-5-7-15(19)8-6-14/h2-8,11-12,22H,9-10H2,1H3. The summed E-state index contributed by atoms with van der Waals surface area (Å²) < 4.78 is 2.04. The van der Waals surface area contributed by atoms with Crippen molar-refractivity contribution in [3.8, 4) is 11.3 Å². The fraction of sp³-hybridized carbons (Fsp3) is 0.167. The van der Waals surface area contributed by atoms with Gasteiger partial charge in [-0.15, -0.1) is 11.3 Å². The highest BCUT2D eigenvalue weighted by Crippen LogP contribution is 2.23. The summed E-state index contributed by atoms with van der Waals surface area (Å²) in [5.41, 5.74) is 4.19. The van der Waals surface area contributed by atoms with Crippen molar-refractivity contribution in [1.29, 1.82) is 0 Å². The predicted octanol–water partition coefficient (Wildman–Crippen LogP) is 4.40. The van der Waals surface area contributed by atoms with Crippen molar-refractivity contribution in [2.45, 2.75) is 13.5 Å². The number of aromatic nitrogens is 1. The topological polar surface area (TPSA) is 37.5 Å². The maximum Gasteiger partial charge on any atom is 0.190 e. The van der Waals surface area contributed by atoms with Crippen molar-refractivity contribution in [2.75, 3.05) is 6.61 Å². The van der Waals surface area contributed by atoms with Crippen LogP contribution in [0, 0.1) is 6.92 Å². The molecule has 1 N–H and O–H groups in total. The number of halogens is 1. The molecule has 0 saturated heterocycles. The molecule has 2 aromatic carbocycles. The number of rotatable bonds is 4. The van der Waals surface area contributed by atoms with Crippen LogP contribution in [0.4, 0.5) is 5.69 Å². The van der Waals surface area contributed by atoms with Crippen molar-refractivity contribution < 1.29 is 5.11 Å². The molecule has 0 amide bonds. The lowest BCUT2D eigenvalue weighted by molar-refractivity contribution is 0.275. The van der Waals surface area contributed by atoms with Crippen LogP contribution in [0.15, 0.2) is 58.9 Å². The lowest BCUT2D eigenvalue weighted by Crippen LogP contribution is -2.17. The molecular weight excluding hydrogens is 328 g/mol. The maximum atomic E-state index is 9.41. The lowest BCUT2D eigenvalue weighted by Gasteiger charge is -2.07. The Morgan fingerprint density at radius 1 is 1.17 bits per heavy atom. The molecule has 0 fully saturated rings. The van der Waals surface area contributed by atoms with Gasteiger partial charge in [0, 0.05) is 16.9 Å². The first kappa shape index (κ1) is 16.0. The van der Waals surface area contributed by atoms with E-state index in [0.717, 1.165) is 21.7 Å². The molecule has 0 unspecified atom stereocenters. The third kappa shape index (κ3) is 3.72. The molecule has 0 aliphatic carbocycles. The van der Waals surface area contributed by atoms with Gasteiger partial charge in [0.05, 0.1) is 18.0 Å². The SMILES string of the molecule is Cc1cccc(N=c2scc(-c3ccc(Cl)cc3)n2CCO)c1. The van der Waals surface area contributed by atoms with E-state index in [-0.39, 0.29) is 6.61 Å². The minimum absolute atomic E-state index is 0.0678. The van der Waals surface area contributed by atoms with E-state index in [1.165, 1.54) is 5.56 Å². The third-order valence-electron chi connectivity index (χ3n) is 3.49. The molecule has 1 aromatic heterocycles.